The molecule has 0 radical (unpaired) electrons. The molecule has 0 saturated carbocycles. The van der Waals surface area contributed by atoms with Crippen molar-refractivity contribution in [3.05, 3.63) is 55.5 Å². The largest absolute Gasteiger partial charge is 0.465 e. The number of carbonyl (C=O) groups is 2. The molecular weight excluding hydrogens is 370 g/mol. The fraction of sp³-hybridized carbons (Fsp3) is 0.133. The Balaban J connectivity index is 2.10. The second-order valence-electron chi connectivity index (χ2n) is 4.72. The molecule has 1 N–H and O–H groups in total. The normalized spacial score (nSPS) is 10.7. The van der Waals surface area contributed by atoms with Crippen molar-refractivity contribution >= 4 is 51.7 Å². The van der Waals surface area contributed by atoms with Crippen LogP contribution in [0.1, 0.15) is 20.9 Å². The van der Waals surface area contributed by atoms with Gasteiger partial charge in [0.1, 0.15) is 9.90 Å². The molecule has 0 bridgehead atoms. The summed E-state index contributed by atoms with van der Waals surface area (Å²) in [4.78, 5) is 38.0. The van der Waals surface area contributed by atoms with Crippen LogP contribution < -0.4 is 5.32 Å². The number of aryl methyl sites for hydroxylation is 1. The molecule has 0 spiro atoms. The molecule has 0 unspecified atom stereocenters. The highest BCUT2D eigenvalue weighted by molar-refractivity contribution is 7.17. The number of hydrogen-bond donors (Lipinski definition) is 1. The van der Waals surface area contributed by atoms with E-state index in [0.29, 0.717) is 16.1 Å². The Kier molecular flexibility index (Phi) is 5.84. The number of amides is 1. The van der Waals surface area contributed by atoms with Crippen LogP contribution in [-0.2, 0) is 9.53 Å². The molecule has 130 valence electrons. The van der Waals surface area contributed by atoms with Crippen molar-refractivity contribution in [3.8, 4) is 0 Å². The lowest BCUT2D eigenvalue weighted by Crippen LogP contribution is -2.07. The first-order chi connectivity index (χ1) is 11.8. The highest BCUT2D eigenvalue weighted by atomic mass is 35.5. The van der Waals surface area contributed by atoms with Crippen molar-refractivity contribution in [3.63, 3.8) is 0 Å². The summed E-state index contributed by atoms with van der Waals surface area (Å²) >= 11 is 6.72. The fourth-order valence-electron chi connectivity index (χ4n) is 1.82. The number of halogens is 1. The van der Waals surface area contributed by atoms with E-state index in [0.717, 1.165) is 11.3 Å². The number of hydrogen-bond acceptors (Lipinski definition) is 7. The van der Waals surface area contributed by atoms with E-state index in [-0.39, 0.29) is 15.8 Å². The zero-order valence-electron chi connectivity index (χ0n) is 13.1. The molecule has 1 aromatic carbocycles. The van der Waals surface area contributed by atoms with Crippen LogP contribution in [0.2, 0.25) is 5.02 Å². The smallest absolute Gasteiger partial charge is 0.350 e. The molecule has 0 aliphatic rings. The van der Waals surface area contributed by atoms with Gasteiger partial charge in [-0.3, -0.25) is 20.2 Å². The highest BCUT2D eigenvalue weighted by Gasteiger charge is 2.16. The van der Waals surface area contributed by atoms with Crippen LogP contribution in [0.5, 0.6) is 0 Å². The Morgan fingerprint density at radius 2 is 2.16 bits per heavy atom. The van der Waals surface area contributed by atoms with Gasteiger partial charge in [-0.15, -0.1) is 0 Å². The van der Waals surface area contributed by atoms with Gasteiger partial charge in [-0.2, -0.15) is 0 Å². The molecule has 0 aliphatic heterocycles. The van der Waals surface area contributed by atoms with Gasteiger partial charge in [-0.25, -0.2) is 9.78 Å². The summed E-state index contributed by atoms with van der Waals surface area (Å²) in [6.45, 7) is 1.63. The first-order valence-corrected chi connectivity index (χ1v) is 8.00. The average molecular weight is 382 g/mol. The molecule has 0 aliphatic carbocycles. The number of esters is 1. The second-order valence-corrected chi connectivity index (χ2v) is 6.12. The molecule has 0 fully saturated rings. The highest BCUT2D eigenvalue weighted by Crippen LogP contribution is 2.26. The van der Waals surface area contributed by atoms with Gasteiger partial charge in [0.05, 0.1) is 17.7 Å². The lowest BCUT2D eigenvalue weighted by molar-refractivity contribution is -0.384. The maximum absolute atomic E-state index is 11.9. The molecule has 1 aromatic heterocycles. The lowest BCUT2D eigenvalue weighted by Gasteiger charge is -1.98. The van der Waals surface area contributed by atoms with Gasteiger partial charge in [0.25, 0.3) is 5.69 Å². The van der Waals surface area contributed by atoms with Gasteiger partial charge < -0.3 is 4.74 Å². The van der Waals surface area contributed by atoms with E-state index in [1.54, 1.807) is 13.0 Å². The van der Waals surface area contributed by atoms with E-state index in [4.69, 9.17) is 11.6 Å². The number of nitrogens with one attached hydrogen (secondary N) is 1. The number of ether oxygens (including phenoxy) is 1. The van der Waals surface area contributed by atoms with Crippen molar-refractivity contribution in [1.82, 2.24) is 4.98 Å². The maximum Gasteiger partial charge on any atom is 0.350 e. The van der Waals surface area contributed by atoms with Crippen LogP contribution in [0, 0.1) is 17.0 Å². The Morgan fingerprint density at radius 3 is 2.80 bits per heavy atom. The predicted molar refractivity (Wildman–Crippen MR) is 94.0 cm³/mol. The third-order valence-electron chi connectivity index (χ3n) is 2.99. The fourth-order valence-corrected chi connectivity index (χ4v) is 2.90. The van der Waals surface area contributed by atoms with Crippen LogP contribution in [0.25, 0.3) is 6.08 Å². The Labute approximate surface area is 151 Å². The van der Waals surface area contributed by atoms with Crippen molar-refractivity contribution in [2.75, 3.05) is 12.4 Å². The van der Waals surface area contributed by atoms with E-state index in [2.05, 4.69) is 15.0 Å². The third kappa shape index (κ3) is 4.61. The Bertz CT molecular complexity index is 878. The molecule has 0 atom stereocenters. The molecule has 1 heterocycles. The van der Waals surface area contributed by atoms with Gasteiger partial charge in [-0.05, 0) is 24.6 Å². The van der Waals surface area contributed by atoms with E-state index < -0.39 is 16.8 Å². The van der Waals surface area contributed by atoms with E-state index in [9.17, 15) is 19.7 Å². The van der Waals surface area contributed by atoms with Gasteiger partial charge in [0.2, 0.25) is 5.91 Å². The molecular formula is C15H12ClN3O5S. The quantitative estimate of drug-likeness (QED) is 0.367. The molecule has 0 saturated heterocycles. The van der Waals surface area contributed by atoms with E-state index >= 15 is 0 Å². The minimum absolute atomic E-state index is 0.0141. The summed E-state index contributed by atoms with van der Waals surface area (Å²) < 4.78 is 4.62. The molecule has 1 amide bonds. The van der Waals surface area contributed by atoms with Gasteiger partial charge in [-0.1, -0.05) is 29.0 Å². The first kappa shape index (κ1) is 18.6. The van der Waals surface area contributed by atoms with Crippen molar-refractivity contribution in [2.24, 2.45) is 0 Å². The number of rotatable bonds is 5. The molecule has 2 aromatic rings. The van der Waals surface area contributed by atoms with Crippen LogP contribution >= 0.6 is 22.9 Å². The SMILES string of the molecule is COC(=O)c1sc(NC(=O)/C=C/c2ccc(Cl)c([N+](=O)[O-])c2)nc1C. The van der Waals surface area contributed by atoms with Crippen LogP contribution in [0.15, 0.2) is 24.3 Å². The number of carbonyl (C=O) groups excluding carboxylic acids is 2. The van der Waals surface area contributed by atoms with Gasteiger partial charge in [0, 0.05) is 12.1 Å². The standard InChI is InChI=1S/C15H12ClN3O5S/c1-8-13(14(21)24-2)25-15(17-8)18-12(20)6-4-9-3-5-10(16)11(7-9)19(22)23/h3-7H,1-2H3,(H,17,18,20)/b6-4+. The number of aromatic nitrogens is 1. The monoisotopic (exact) mass is 381 g/mol. The van der Waals surface area contributed by atoms with E-state index in [1.807, 2.05) is 0 Å². The third-order valence-corrected chi connectivity index (χ3v) is 4.36. The summed E-state index contributed by atoms with van der Waals surface area (Å²) in [6, 6.07) is 4.18. The number of nitrogens with zero attached hydrogens (tertiary/aromatic N) is 2. The summed E-state index contributed by atoms with van der Waals surface area (Å²) in [7, 11) is 1.26. The Morgan fingerprint density at radius 1 is 1.44 bits per heavy atom. The summed E-state index contributed by atoms with van der Waals surface area (Å²) in [5.74, 6) is -1.03. The average Bonchev–Trinajstić information content (AvgIpc) is 2.93. The number of thiazole rings is 1. The Hall–Kier alpha value is -2.78. The van der Waals surface area contributed by atoms with Crippen LogP contribution in [-0.4, -0.2) is 28.9 Å². The molecule has 25 heavy (non-hydrogen) atoms. The minimum atomic E-state index is -0.605. The summed E-state index contributed by atoms with van der Waals surface area (Å²) in [5, 5.41) is 13.6. The summed E-state index contributed by atoms with van der Waals surface area (Å²) in [6.07, 6.45) is 2.60. The zero-order chi connectivity index (χ0) is 18.6. The van der Waals surface area contributed by atoms with Crippen LogP contribution in [0.4, 0.5) is 10.8 Å². The summed E-state index contributed by atoms with van der Waals surface area (Å²) in [5.41, 5.74) is 0.642. The molecule has 10 heteroatoms. The number of nitro benzene ring substituents is 1. The minimum Gasteiger partial charge on any atom is -0.465 e. The lowest BCUT2D eigenvalue weighted by atomic mass is 10.2. The predicted octanol–water partition coefficient (Wildman–Crippen LogP) is 3.45. The topological polar surface area (TPSA) is 111 Å². The van der Waals surface area contributed by atoms with E-state index in [1.165, 1.54) is 31.4 Å². The first-order valence-electron chi connectivity index (χ1n) is 6.80. The zero-order valence-corrected chi connectivity index (χ0v) is 14.7. The maximum atomic E-state index is 11.9. The second kappa shape index (κ2) is 7.86. The van der Waals surface area contributed by atoms with Crippen molar-refractivity contribution in [1.29, 1.82) is 0 Å². The van der Waals surface area contributed by atoms with Crippen molar-refractivity contribution < 1.29 is 19.2 Å². The van der Waals surface area contributed by atoms with Crippen LogP contribution in [0.3, 0.4) is 0 Å². The number of anilines is 1. The van der Waals surface area contributed by atoms with Crippen molar-refractivity contribution in [2.45, 2.75) is 6.92 Å². The number of nitro groups is 1. The molecule has 8 nitrogen and oxygen atoms in total. The number of methoxy groups -OCH3 is 1. The van der Waals surface area contributed by atoms with Gasteiger partial charge in [0.15, 0.2) is 5.13 Å². The molecule has 2 rings (SSSR count). The number of benzene rings is 1. The van der Waals surface area contributed by atoms with Gasteiger partial charge >= 0.3 is 5.97 Å².